The van der Waals surface area contributed by atoms with Crippen LogP contribution in [0, 0.1) is 6.92 Å². The fraction of sp³-hybridized carbons (Fsp3) is 0.643. The molecule has 1 aromatic rings. The Balaban J connectivity index is 2.16. The monoisotopic (exact) mass is 233 g/mol. The molecule has 0 aliphatic heterocycles. The summed E-state index contributed by atoms with van der Waals surface area (Å²) in [5.41, 5.74) is 8.27. The number of nitrogens with two attached hydrogens (primary N) is 1. The van der Waals surface area contributed by atoms with E-state index in [-0.39, 0.29) is 0 Å². The highest BCUT2D eigenvalue weighted by atomic mass is 15.2. The molecular weight excluding hydrogens is 210 g/mol. The van der Waals surface area contributed by atoms with Gasteiger partial charge in [0.25, 0.3) is 0 Å². The Bertz CT molecular complexity index is 345. The van der Waals surface area contributed by atoms with Gasteiger partial charge in [-0.25, -0.2) is 0 Å². The lowest BCUT2D eigenvalue weighted by molar-refractivity contribution is 0.592. The Kier molecular flexibility index (Phi) is 4.37. The molecule has 1 aromatic heterocycles. The van der Waals surface area contributed by atoms with E-state index in [9.17, 15) is 0 Å². The van der Waals surface area contributed by atoms with Gasteiger partial charge < -0.3 is 10.6 Å². The number of aryl methyl sites for hydroxylation is 1. The Morgan fingerprint density at radius 1 is 1.41 bits per heavy atom. The van der Waals surface area contributed by atoms with Gasteiger partial charge in [0.2, 0.25) is 0 Å². The van der Waals surface area contributed by atoms with Gasteiger partial charge in [-0.1, -0.05) is 12.8 Å². The molecule has 0 saturated heterocycles. The summed E-state index contributed by atoms with van der Waals surface area (Å²) in [5.74, 6) is 0. The molecule has 0 aromatic carbocycles. The van der Waals surface area contributed by atoms with E-state index in [2.05, 4.69) is 22.9 Å². The molecule has 0 amide bonds. The predicted molar refractivity (Wildman–Crippen MR) is 72.2 cm³/mol. The van der Waals surface area contributed by atoms with E-state index < -0.39 is 0 Å². The van der Waals surface area contributed by atoms with Crippen LogP contribution >= 0.6 is 0 Å². The number of anilines is 1. The minimum absolute atomic E-state index is 0.711. The molecule has 0 spiro atoms. The second kappa shape index (κ2) is 6.01. The summed E-state index contributed by atoms with van der Waals surface area (Å²) in [4.78, 5) is 6.74. The summed E-state index contributed by atoms with van der Waals surface area (Å²) < 4.78 is 0. The third-order valence-corrected chi connectivity index (χ3v) is 3.67. The van der Waals surface area contributed by atoms with Crippen LogP contribution in [0.25, 0.3) is 0 Å². The van der Waals surface area contributed by atoms with Crippen molar-refractivity contribution in [1.82, 2.24) is 4.98 Å². The number of pyridine rings is 1. The SMILES string of the molecule is Cc1cnccc1N(CCCN)C1CCCC1. The van der Waals surface area contributed by atoms with Crippen molar-refractivity contribution >= 4 is 5.69 Å². The molecule has 2 N–H and O–H groups in total. The zero-order valence-electron chi connectivity index (χ0n) is 10.7. The van der Waals surface area contributed by atoms with Crippen LogP contribution in [0.15, 0.2) is 18.5 Å². The summed E-state index contributed by atoms with van der Waals surface area (Å²) in [6.07, 6.45) is 10.3. The van der Waals surface area contributed by atoms with Gasteiger partial charge in [-0.2, -0.15) is 0 Å². The highest BCUT2D eigenvalue weighted by molar-refractivity contribution is 5.52. The molecule has 1 saturated carbocycles. The largest absolute Gasteiger partial charge is 0.368 e. The van der Waals surface area contributed by atoms with Crippen molar-refractivity contribution in [2.75, 3.05) is 18.0 Å². The number of hydrogen-bond acceptors (Lipinski definition) is 3. The Labute approximate surface area is 104 Å². The van der Waals surface area contributed by atoms with E-state index in [1.165, 1.54) is 36.9 Å². The predicted octanol–water partition coefficient (Wildman–Crippen LogP) is 2.49. The van der Waals surface area contributed by atoms with Crippen LogP contribution in [-0.2, 0) is 0 Å². The van der Waals surface area contributed by atoms with Gasteiger partial charge in [-0.3, -0.25) is 4.98 Å². The second-order valence-corrected chi connectivity index (χ2v) is 4.94. The molecule has 0 atom stereocenters. The van der Waals surface area contributed by atoms with Crippen LogP contribution in [0.1, 0.15) is 37.7 Å². The van der Waals surface area contributed by atoms with E-state index in [4.69, 9.17) is 5.73 Å². The average molecular weight is 233 g/mol. The summed E-state index contributed by atoms with van der Waals surface area (Å²) >= 11 is 0. The molecule has 1 fully saturated rings. The molecule has 94 valence electrons. The molecule has 1 heterocycles. The molecule has 17 heavy (non-hydrogen) atoms. The van der Waals surface area contributed by atoms with E-state index in [0.29, 0.717) is 6.04 Å². The third-order valence-electron chi connectivity index (χ3n) is 3.67. The molecule has 1 aliphatic rings. The highest BCUT2D eigenvalue weighted by Gasteiger charge is 2.23. The molecule has 0 unspecified atom stereocenters. The van der Waals surface area contributed by atoms with E-state index >= 15 is 0 Å². The smallest absolute Gasteiger partial charge is 0.0429 e. The van der Waals surface area contributed by atoms with Crippen LogP contribution in [0.4, 0.5) is 5.69 Å². The van der Waals surface area contributed by atoms with Crippen LogP contribution < -0.4 is 10.6 Å². The van der Waals surface area contributed by atoms with Crippen molar-refractivity contribution in [3.05, 3.63) is 24.0 Å². The van der Waals surface area contributed by atoms with Crippen LogP contribution in [0.5, 0.6) is 0 Å². The van der Waals surface area contributed by atoms with Crippen molar-refractivity contribution in [2.24, 2.45) is 5.73 Å². The van der Waals surface area contributed by atoms with Gasteiger partial charge in [0.1, 0.15) is 0 Å². The van der Waals surface area contributed by atoms with Gasteiger partial charge in [0, 0.05) is 30.7 Å². The fourth-order valence-corrected chi connectivity index (χ4v) is 2.77. The summed E-state index contributed by atoms with van der Waals surface area (Å²) in [6, 6.07) is 2.85. The lowest BCUT2D eigenvalue weighted by Crippen LogP contribution is -2.35. The van der Waals surface area contributed by atoms with Gasteiger partial charge in [0.05, 0.1) is 0 Å². The summed E-state index contributed by atoms with van der Waals surface area (Å²) in [6.45, 7) is 3.99. The van der Waals surface area contributed by atoms with Gasteiger partial charge in [-0.05, 0) is 44.4 Å². The standard InChI is InChI=1S/C14H23N3/c1-12-11-16-9-7-14(12)17(10-4-8-15)13-5-2-3-6-13/h7,9,11,13H,2-6,8,10,15H2,1H3. The zero-order valence-corrected chi connectivity index (χ0v) is 10.7. The summed E-state index contributed by atoms with van der Waals surface area (Å²) in [5, 5.41) is 0. The van der Waals surface area contributed by atoms with Crippen molar-refractivity contribution < 1.29 is 0 Å². The maximum absolute atomic E-state index is 5.65. The molecule has 0 bridgehead atoms. The number of aromatic nitrogens is 1. The first kappa shape index (κ1) is 12.4. The molecule has 1 aliphatic carbocycles. The fourth-order valence-electron chi connectivity index (χ4n) is 2.77. The summed E-state index contributed by atoms with van der Waals surface area (Å²) in [7, 11) is 0. The first-order valence-electron chi connectivity index (χ1n) is 6.70. The average Bonchev–Trinajstić information content (AvgIpc) is 2.85. The molecule has 3 heteroatoms. The molecular formula is C14H23N3. The Morgan fingerprint density at radius 2 is 2.18 bits per heavy atom. The lowest BCUT2D eigenvalue weighted by Gasteiger charge is -2.32. The van der Waals surface area contributed by atoms with E-state index in [1.807, 2.05) is 12.4 Å². The molecule has 0 radical (unpaired) electrons. The third kappa shape index (κ3) is 2.97. The van der Waals surface area contributed by atoms with Crippen LogP contribution in [-0.4, -0.2) is 24.1 Å². The van der Waals surface area contributed by atoms with Gasteiger partial charge in [-0.15, -0.1) is 0 Å². The van der Waals surface area contributed by atoms with E-state index in [1.54, 1.807) is 0 Å². The van der Waals surface area contributed by atoms with E-state index in [0.717, 1.165) is 19.5 Å². The minimum atomic E-state index is 0.711. The molecule has 2 rings (SSSR count). The first-order chi connectivity index (χ1) is 8.33. The highest BCUT2D eigenvalue weighted by Crippen LogP contribution is 2.29. The van der Waals surface area contributed by atoms with Crippen molar-refractivity contribution in [2.45, 2.75) is 45.1 Å². The van der Waals surface area contributed by atoms with Crippen LogP contribution in [0.3, 0.4) is 0 Å². The minimum Gasteiger partial charge on any atom is -0.368 e. The number of hydrogen-bond donors (Lipinski definition) is 1. The molecule has 3 nitrogen and oxygen atoms in total. The quantitative estimate of drug-likeness (QED) is 0.849. The maximum Gasteiger partial charge on any atom is 0.0429 e. The van der Waals surface area contributed by atoms with Crippen molar-refractivity contribution in [3.63, 3.8) is 0 Å². The van der Waals surface area contributed by atoms with Gasteiger partial charge in [0.15, 0.2) is 0 Å². The van der Waals surface area contributed by atoms with Gasteiger partial charge >= 0.3 is 0 Å². The maximum atomic E-state index is 5.65. The zero-order chi connectivity index (χ0) is 12.1. The van der Waals surface area contributed by atoms with Crippen molar-refractivity contribution in [3.8, 4) is 0 Å². The number of nitrogens with zero attached hydrogens (tertiary/aromatic N) is 2. The van der Waals surface area contributed by atoms with Crippen molar-refractivity contribution in [1.29, 1.82) is 0 Å². The second-order valence-electron chi connectivity index (χ2n) is 4.94. The first-order valence-corrected chi connectivity index (χ1v) is 6.70. The Morgan fingerprint density at radius 3 is 2.82 bits per heavy atom. The van der Waals surface area contributed by atoms with Crippen LogP contribution in [0.2, 0.25) is 0 Å². The lowest BCUT2D eigenvalue weighted by atomic mass is 10.1. The normalized spacial score (nSPS) is 16.4. The Hall–Kier alpha value is -1.09. The number of rotatable bonds is 5. The topological polar surface area (TPSA) is 42.2 Å².